The van der Waals surface area contributed by atoms with Crippen LogP contribution < -0.4 is 5.32 Å². The Balaban J connectivity index is 2.11. The molecule has 0 radical (unpaired) electrons. The zero-order valence-corrected chi connectivity index (χ0v) is 11.5. The van der Waals surface area contributed by atoms with Crippen molar-refractivity contribution in [1.29, 1.82) is 0 Å². The van der Waals surface area contributed by atoms with E-state index < -0.39 is 10.8 Å². The van der Waals surface area contributed by atoms with Crippen molar-refractivity contribution in [2.24, 2.45) is 0 Å². The van der Waals surface area contributed by atoms with Crippen LogP contribution in [0.2, 0.25) is 0 Å². The minimum Gasteiger partial charge on any atom is -0.376 e. The van der Waals surface area contributed by atoms with E-state index in [4.69, 9.17) is 4.74 Å². The van der Waals surface area contributed by atoms with E-state index in [1.54, 1.807) is 6.92 Å². The summed E-state index contributed by atoms with van der Waals surface area (Å²) in [6, 6.07) is -0.198. The first-order valence-electron chi connectivity index (χ1n) is 6.67. The Kier molecular flexibility index (Phi) is 4.33. The number of aromatic nitrogens is 2. The van der Waals surface area contributed by atoms with E-state index >= 15 is 0 Å². The summed E-state index contributed by atoms with van der Waals surface area (Å²) in [5, 5.41) is 17.6. The van der Waals surface area contributed by atoms with Crippen LogP contribution in [0.1, 0.15) is 37.2 Å². The summed E-state index contributed by atoms with van der Waals surface area (Å²) in [5.41, 5.74) is -0.425. The van der Waals surface area contributed by atoms with E-state index in [0.717, 1.165) is 12.8 Å². The number of hydrogen-bond acceptors (Lipinski definition) is 5. The Morgan fingerprint density at radius 2 is 2.50 bits per heavy atom. The van der Waals surface area contributed by atoms with E-state index in [1.807, 2.05) is 6.92 Å². The summed E-state index contributed by atoms with van der Waals surface area (Å²) in [6.07, 6.45) is 3.08. The number of nitro groups is 1. The van der Waals surface area contributed by atoms with E-state index in [2.05, 4.69) is 10.4 Å². The van der Waals surface area contributed by atoms with Gasteiger partial charge in [0.15, 0.2) is 0 Å². The third kappa shape index (κ3) is 2.96. The highest BCUT2D eigenvalue weighted by atomic mass is 16.6. The lowest BCUT2D eigenvalue weighted by atomic mass is 10.1. The molecule has 0 aromatic carbocycles. The van der Waals surface area contributed by atoms with Crippen molar-refractivity contribution in [2.75, 3.05) is 6.61 Å². The van der Waals surface area contributed by atoms with Crippen molar-refractivity contribution < 1.29 is 14.5 Å². The summed E-state index contributed by atoms with van der Waals surface area (Å²) in [7, 11) is 0. The summed E-state index contributed by atoms with van der Waals surface area (Å²) < 4.78 is 6.86. The normalized spacial score (nSPS) is 19.8. The molecule has 0 bridgehead atoms. The third-order valence-electron chi connectivity index (χ3n) is 3.36. The molecule has 1 saturated heterocycles. The van der Waals surface area contributed by atoms with Crippen molar-refractivity contribution in [3.8, 4) is 0 Å². The predicted molar refractivity (Wildman–Crippen MR) is 70.5 cm³/mol. The summed E-state index contributed by atoms with van der Waals surface area (Å²) >= 11 is 0. The number of ether oxygens (including phenoxy) is 1. The third-order valence-corrected chi connectivity index (χ3v) is 3.36. The van der Waals surface area contributed by atoms with E-state index in [9.17, 15) is 14.9 Å². The van der Waals surface area contributed by atoms with Crippen LogP contribution in [0.3, 0.4) is 0 Å². The summed E-state index contributed by atoms with van der Waals surface area (Å²) in [5.74, 6) is -0.535. The van der Waals surface area contributed by atoms with Crippen molar-refractivity contribution in [3.63, 3.8) is 0 Å². The highest BCUT2D eigenvalue weighted by Crippen LogP contribution is 2.19. The van der Waals surface area contributed by atoms with Gasteiger partial charge in [-0.2, -0.15) is 5.10 Å². The molecule has 1 fully saturated rings. The molecule has 0 saturated carbocycles. The second kappa shape index (κ2) is 6.00. The fourth-order valence-corrected chi connectivity index (χ4v) is 2.23. The van der Waals surface area contributed by atoms with Crippen LogP contribution in [0.25, 0.3) is 0 Å². The van der Waals surface area contributed by atoms with Crippen LogP contribution in [-0.4, -0.2) is 39.4 Å². The van der Waals surface area contributed by atoms with E-state index in [0.29, 0.717) is 13.2 Å². The fourth-order valence-electron chi connectivity index (χ4n) is 2.23. The van der Waals surface area contributed by atoms with Gasteiger partial charge in [0, 0.05) is 13.2 Å². The molecule has 1 aromatic heterocycles. The summed E-state index contributed by atoms with van der Waals surface area (Å²) in [4.78, 5) is 22.5. The molecule has 8 heteroatoms. The van der Waals surface area contributed by atoms with Crippen molar-refractivity contribution in [3.05, 3.63) is 22.0 Å². The average Bonchev–Trinajstić information content (AvgIpc) is 3.07. The molecule has 2 rings (SSSR count). The van der Waals surface area contributed by atoms with Crippen LogP contribution in [0, 0.1) is 10.1 Å². The maximum absolute atomic E-state index is 12.1. The Bertz CT molecular complexity index is 508. The Morgan fingerprint density at radius 3 is 3.05 bits per heavy atom. The molecule has 1 aromatic rings. The number of hydrogen-bond donors (Lipinski definition) is 1. The number of carbonyl (C=O) groups excluding carboxylic acids is 1. The maximum Gasteiger partial charge on any atom is 0.320 e. The molecule has 2 atom stereocenters. The van der Waals surface area contributed by atoms with Gasteiger partial charge in [-0.25, -0.2) is 0 Å². The zero-order valence-electron chi connectivity index (χ0n) is 11.5. The number of nitrogens with zero attached hydrogens (tertiary/aromatic N) is 3. The van der Waals surface area contributed by atoms with Gasteiger partial charge < -0.3 is 10.1 Å². The lowest BCUT2D eigenvalue weighted by Gasteiger charge is -2.19. The maximum atomic E-state index is 12.1. The Morgan fingerprint density at radius 1 is 1.75 bits per heavy atom. The van der Waals surface area contributed by atoms with Crippen molar-refractivity contribution >= 4 is 11.6 Å². The minimum absolute atomic E-state index is 0.0359. The second-order valence-electron chi connectivity index (χ2n) is 4.79. The van der Waals surface area contributed by atoms with Crippen LogP contribution >= 0.6 is 0 Å². The van der Waals surface area contributed by atoms with Gasteiger partial charge in [0.25, 0.3) is 5.91 Å². The molecule has 1 N–H and O–H groups in total. The smallest absolute Gasteiger partial charge is 0.320 e. The van der Waals surface area contributed by atoms with Crippen LogP contribution in [0.15, 0.2) is 6.20 Å². The molecule has 110 valence electrons. The number of amides is 1. The van der Waals surface area contributed by atoms with Crippen molar-refractivity contribution in [2.45, 2.75) is 45.4 Å². The van der Waals surface area contributed by atoms with Crippen LogP contribution in [-0.2, 0) is 11.3 Å². The van der Waals surface area contributed by atoms with Gasteiger partial charge in [-0.05, 0) is 26.7 Å². The average molecular weight is 282 g/mol. The fraction of sp³-hybridized carbons (Fsp3) is 0.667. The molecule has 0 aliphatic carbocycles. The topological polar surface area (TPSA) is 99.3 Å². The first-order valence-corrected chi connectivity index (χ1v) is 6.67. The van der Waals surface area contributed by atoms with Crippen LogP contribution in [0.4, 0.5) is 5.69 Å². The van der Waals surface area contributed by atoms with Gasteiger partial charge in [0.1, 0.15) is 6.20 Å². The van der Waals surface area contributed by atoms with Gasteiger partial charge in [-0.15, -0.1) is 0 Å². The molecular formula is C12H18N4O4. The van der Waals surface area contributed by atoms with Gasteiger partial charge in [0.05, 0.1) is 17.1 Å². The minimum atomic E-state index is -0.592. The largest absolute Gasteiger partial charge is 0.376 e. The Hall–Kier alpha value is -1.96. The van der Waals surface area contributed by atoms with Gasteiger partial charge in [-0.1, -0.05) is 0 Å². The molecule has 20 heavy (non-hydrogen) atoms. The number of carbonyl (C=O) groups is 1. The zero-order chi connectivity index (χ0) is 14.7. The highest BCUT2D eigenvalue weighted by Gasteiger charge is 2.29. The lowest BCUT2D eigenvalue weighted by molar-refractivity contribution is -0.385. The van der Waals surface area contributed by atoms with Gasteiger partial charge in [0.2, 0.25) is 5.69 Å². The first-order chi connectivity index (χ1) is 9.52. The number of aryl methyl sites for hydroxylation is 1. The standard InChI is InChI=1S/C12H18N4O4/c1-3-15-7-9(16(18)19)11(14-15)12(17)13-8(2)10-5-4-6-20-10/h7-8,10H,3-6H2,1-2H3,(H,13,17)/t8-,10+/m0/s1. The first kappa shape index (κ1) is 14.4. The molecule has 2 heterocycles. The van der Waals surface area contributed by atoms with Crippen LogP contribution in [0.5, 0.6) is 0 Å². The molecular weight excluding hydrogens is 264 g/mol. The molecule has 1 aliphatic heterocycles. The number of nitrogens with one attached hydrogen (secondary N) is 1. The van der Waals surface area contributed by atoms with E-state index in [-0.39, 0.29) is 23.5 Å². The molecule has 0 unspecified atom stereocenters. The number of rotatable bonds is 5. The SMILES string of the molecule is CCn1cc([N+](=O)[O-])c(C(=O)N[C@@H](C)[C@H]2CCCO2)n1. The molecule has 8 nitrogen and oxygen atoms in total. The lowest BCUT2D eigenvalue weighted by Crippen LogP contribution is -2.41. The van der Waals surface area contributed by atoms with E-state index in [1.165, 1.54) is 10.9 Å². The highest BCUT2D eigenvalue weighted by molar-refractivity contribution is 5.96. The second-order valence-corrected chi connectivity index (χ2v) is 4.79. The Labute approximate surface area is 116 Å². The molecule has 1 amide bonds. The molecule has 1 aliphatic rings. The summed E-state index contributed by atoms with van der Waals surface area (Å²) in [6.45, 7) is 4.79. The predicted octanol–water partition coefficient (Wildman–Crippen LogP) is 1.11. The quantitative estimate of drug-likeness (QED) is 0.644. The molecule has 0 spiro atoms. The van der Waals surface area contributed by atoms with Gasteiger partial charge >= 0.3 is 5.69 Å². The van der Waals surface area contributed by atoms with Crippen molar-refractivity contribution in [1.82, 2.24) is 15.1 Å². The monoisotopic (exact) mass is 282 g/mol. The van der Waals surface area contributed by atoms with Gasteiger partial charge in [-0.3, -0.25) is 19.6 Å².